The number of carbonyl (C=O) groups is 1. The van der Waals surface area contributed by atoms with Crippen LogP contribution in [0.25, 0.3) is 0 Å². The minimum Gasteiger partial charge on any atom is -0.480 e. The highest BCUT2D eigenvalue weighted by Gasteiger charge is 2.11. The number of thioether (sulfide) groups is 1. The molecule has 0 fully saturated rings. The number of nitrogens with one attached hydrogen (secondary N) is 3. The Kier molecular flexibility index (Phi) is 11.3. The van der Waals surface area contributed by atoms with E-state index in [9.17, 15) is 9.36 Å². The summed E-state index contributed by atoms with van der Waals surface area (Å²) >= 11 is 1.51. The summed E-state index contributed by atoms with van der Waals surface area (Å²) < 4.78 is 10.1. The lowest BCUT2D eigenvalue weighted by molar-refractivity contribution is -0.135. The van der Waals surface area contributed by atoms with Gasteiger partial charge < -0.3 is 25.5 Å². The van der Waals surface area contributed by atoms with Crippen LogP contribution >= 0.6 is 19.4 Å². The van der Waals surface area contributed by atoms with Crippen LogP contribution in [-0.2, 0) is 9.36 Å². The maximum absolute atomic E-state index is 10.1. The van der Waals surface area contributed by atoms with Gasteiger partial charge in [-0.05, 0) is 27.0 Å². The van der Waals surface area contributed by atoms with Gasteiger partial charge in [-0.25, -0.2) is 0 Å². The molecule has 0 spiro atoms. The Bertz CT molecular complexity index is 585. The van der Waals surface area contributed by atoms with Crippen LogP contribution in [0.1, 0.15) is 20.8 Å². The van der Waals surface area contributed by atoms with Gasteiger partial charge in [0.15, 0.2) is 5.16 Å². The first-order valence-corrected chi connectivity index (χ1v) is 10.4. The van der Waals surface area contributed by atoms with Crippen LogP contribution in [0.2, 0.25) is 0 Å². The molecule has 0 saturated heterocycles. The van der Waals surface area contributed by atoms with Gasteiger partial charge in [-0.3, -0.25) is 14.7 Å². The van der Waals surface area contributed by atoms with Crippen molar-refractivity contribution in [1.82, 2.24) is 20.3 Å². The molecule has 0 aliphatic carbocycles. The van der Waals surface area contributed by atoms with Gasteiger partial charge in [0.05, 0.1) is 12.8 Å². The quantitative estimate of drug-likeness (QED) is 0.255. The van der Waals surface area contributed by atoms with Crippen molar-refractivity contribution in [3.8, 4) is 0 Å². The molecule has 144 valence electrons. The van der Waals surface area contributed by atoms with Crippen molar-refractivity contribution in [2.45, 2.75) is 32.0 Å². The van der Waals surface area contributed by atoms with Gasteiger partial charge in [-0.15, -0.1) is 0 Å². The number of carboxylic acids is 1. The average molecular weight is 396 g/mol. The van der Waals surface area contributed by atoms with Crippen molar-refractivity contribution in [3.63, 3.8) is 0 Å². The molecule has 0 amide bonds. The fourth-order valence-electron chi connectivity index (χ4n) is 1.32. The summed E-state index contributed by atoms with van der Waals surface area (Å²) in [5, 5.41) is 17.0. The van der Waals surface area contributed by atoms with Crippen LogP contribution in [-0.4, -0.2) is 67.5 Å². The number of hydrogen-bond acceptors (Lipinski definition) is 9. The number of hydrogen-bond donors (Lipinski definition) is 6. The largest absolute Gasteiger partial charge is 0.480 e. The van der Waals surface area contributed by atoms with Crippen molar-refractivity contribution in [3.05, 3.63) is 0 Å². The van der Waals surface area contributed by atoms with Gasteiger partial charge in [0.25, 0.3) is 0 Å². The minimum atomic E-state index is -4.10. The predicted molar refractivity (Wildman–Crippen MR) is 97.1 cm³/mol. The molecule has 0 aliphatic heterocycles. The molecule has 11 nitrogen and oxygen atoms in total. The van der Waals surface area contributed by atoms with Gasteiger partial charge in [0, 0.05) is 12.6 Å². The highest BCUT2D eigenvalue weighted by molar-refractivity contribution is 7.98. The molecule has 0 saturated carbocycles. The lowest BCUT2D eigenvalue weighted by Crippen LogP contribution is -2.23. The van der Waals surface area contributed by atoms with Gasteiger partial charge in [-0.1, -0.05) is 11.8 Å². The molecule has 0 unspecified atom stereocenters. The maximum atomic E-state index is 10.1. The standard InChI is InChI=1S/C9H17N5S.C3H8NO5P/c1-5-10-7-12-8(11-6(2)3)14-9(13-7)15-4;5-3(6)1-4-2-10(7,8)9/h6H,5H2,1-4H3,(H2,10,11,12,13,14);4H,1-2H2,(H,5,6)(H2,7,8,9). The molecule has 0 aromatic carbocycles. The molecule has 13 heteroatoms. The van der Waals surface area contributed by atoms with E-state index >= 15 is 0 Å². The highest BCUT2D eigenvalue weighted by atomic mass is 32.2. The molecular formula is C12H25N6O5PS. The summed E-state index contributed by atoms with van der Waals surface area (Å²) in [7, 11) is -4.10. The van der Waals surface area contributed by atoms with Crippen molar-refractivity contribution >= 4 is 37.2 Å². The van der Waals surface area contributed by atoms with E-state index in [2.05, 4.69) is 44.7 Å². The summed E-state index contributed by atoms with van der Waals surface area (Å²) in [5.74, 6) is 0.105. The molecule has 1 aromatic rings. The van der Waals surface area contributed by atoms with E-state index < -0.39 is 26.4 Å². The molecule has 1 aromatic heterocycles. The zero-order valence-electron chi connectivity index (χ0n) is 14.6. The van der Waals surface area contributed by atoms with Crippen molar-refractivity contribution in [2.24, 2.45) is 0 Å². The van der Waals surface area contributed by atoms with Gasteiger partial charge in [0.2, 0.25) is 11.9 Å². The molecule has 0 aliphatic rings. The second-order valence-electron chi connectivity index (χ2n) is 4.94. The van der Waals surface area contributed by atoms with Crippen molar-refractivity contribution < 1.29 is 24.3 Å². The topological polar surface area (TPSA) is 170 Å². The monoisotopic (exact) mass is 396 g/mol. The number of rotatable bonds is 9. The Balaban J connectivity index is 0.000000504. The Labute approximate surface area is 150 Å². The predicted octanol–water partition coefficient (Wildman–Crippen LogP) is 0.641. The van der Waals surface area contributed by atoms with E-state index in [0.717, 1.165) is 11.7 Å². The SMILES string of the molecule is CCNc1nc(NC(C)C)nc(SC)n1.O=C(O)CNCP(=O)(O)O. The van der Waals surface area contributed by atoms with Crippen LogP contribution in [0.3, 0.4) is 0 Å². The normalized spacial score (nSPS) is 10.8. The second kappa shape index (κ2) is 12.0. The first kappa shape index (κ1) is 23.5. The number of anilines is 2. The van der Waals surface area contributed by atoms with E-state index in [0.29, 0.717) is 17.9 Å². The summed E-state index contributed by atoms with van der Waals surface area (Å²) in [5.41, 5.74) is 0. The van der Waals surface area contributed by atoms with E-state index in [1.165, 1.54) is 11.8 Å². The van der Waals surface area contributed by atoms with Crippen LogP contribution < -0.4 is 16.0 Å². The van der Waals surface area contributed by atoms with E-state index in [1.54, 1.807) is 0 Å². The molecule has 0 radical (unpaired) electrons. The molecule has 25 heavy (non-hydrogen) atoms. The molecule has 6 N–H and O–H groups in total. The molecule has 0 atom stereocenters. The summed E-state index contributed by atoms with van der Waals surface area (Å²) in [4.78, 5) is 38.9. The number of aromatic nitrogens is 3. The molecule has 1 heterocycles. The van der Waals surface area contributed by atoms with Crippen LogP contribution in [0, 0.1) is 0 Å². The summed E-state index contributed by atoms with van der Waals surface area (Å²) in [6.45, 7) is 6.48. The third-order valence-electron chi connectivity index (χ3n) is 2.14. The lowest BCUT2D eigenvalue weighted by Gasteiger charge is -2.10. The third-order valence-corrected chi connectivity index (χ3v) is 3.33. The summed E-state index contributed by atoms with van der Waals surface area (Å²) in [6.07, 6.45) is 1.35. The Morgan fingerprint density at radius 3 is 2.28 bits per heavy atom. The van der Waals surface area contributed by atoms with Crippen LogP contribution in [0.15, 0.2) is 5.16 Å². The van der Waals surface area contributed by atoms with E-state index in [-0.39, 0.29) is 0 Å². The zero-order chi connectivity index (χ0) is 19.5. The van der Waals surface area contributed by atoms with Gasteiger partial charge in [-0.2, -0.15) is 15.0 Å². The Hall–Kier alpha value is -1.46. The van der Waals surface area contributed by atoms with Crippen molar-refractivity contribution in [1.29, 1.82) is 0 Å². The first-order valence-electron chi connectivity index (χ1n) is 7.35. The average Bonchev–Trinajstić information content (AvgIpc) is 2.45. The van der Waals surface area contributed by atoms with Gasteiger partial charge in [0.1, 0.15) is 0 Å². The molecule has 1 rings (SSSR count). The first-order chi connectivity index (χ1) is 11.6. The van der Waals surface area contributed by atoms with Crippen LogP contribution in [0.4, 0.5) is 11.9 Å². The lowest BCUT2D eigenvalue weighted by atomic mass is 10.4. The van der Waals surface area contributed by atoms with E-state index in [1.807, 2.05) is 13.2 Å². The van der Waals surface area contributed by atoms with Gasteiger partial charge >= 0.3 is 13.6 Å². The summed E-state index contributed by atoms with van der Waals surface area (Å²) in [6, 6.07) is 0.316. The molecular weight excluding hydrogens is 371 g/mol. The number of aliphatic carboxylic acids is 1. The second-order valence-corrected chi connectivity index (χ2v) is 7.36. The van der Waals surface area contributed by atoms with Crippen LogP contribution in [0.5, 0.6) is 0 Å². The molecule has 0 bridgehead atoms. The highest BCUT2D eigenvalue weighted by Crippen LogP contribution is 2.31. The Morgan fingerprint density at radius 2 is 1.84 bits per heavy atom. The fourth-order valence-corrected chi connectivity index (χ4v) is 2.07. The minimum absolute atomic E-state index is 0.316. The number of carboxylic acid groups (broad SMARTS) is 1. The smallest absolute Gasteiger partial charge is 0.339 e. The third kappa shape index (κ3) is 13.5. The zero-order valence-corrected chi connectivity index (χ0v) is 16.3. The van der Waals surface area contributed by atoms with Crippen molar-refractivity contribution in [2.75, 3.05) is 36.3 Å². The Morgan fingerprint density at radius 1 is 1.24 bits per heavy atom. The number of nitrogens with zero attached hydrogens (tertiary/aromatic N) is 3. The fraction of sp³-hybridized carbons (Fsp3) is 0.667. The van der Waals surface area contributed by atoms with E-state index in [4.69, 9.17) is 14.9 Å². The maximum Gasteiger partial charge on any atom is 0.339 e.